The Labute approximate surface area is 134 Å². The summed E-state index contributed by atoms with van der Waals surface area (Å²) in [5.74, 6) is -0.252. The molecule has 1 spiro atoms. The van der Waals surface area contributed by atoms with E-state index in [0.29, 0.717) is 31.6 Å². The number of sulfone groups is 1. The average Bonchev–Trinajstić information content (AvgIpc) is 3.01. The number of nitrogens with zero attached hydrogens (tertiary/aromatic N) is 2. The third kappa shape index (κ3) is 2.90. The van der Waals surface area contributed by atoms with Crippen molar-refractivity contribution in [3.8, 4) is 0 Å². The molecule has 124 valence electrons. The molecule has 0 radical (unpaired) electrons. The van der Waals surface area contributed by atoms with Crippen molar-refractivity contribution in [2.24, 2.45) is 0 Å². The Morgan fingerprint density at radius 3 is 2.65 bits per heavy atom. The van der Waals surface area contributed by atoms with E-state index in [1.54, 1.807) is 24.1 Å². The second-order valence-electron chi connectivity index (χ2n) is 6.18. The molecular formula is C15H18N2O5S. The molecule has 1 atom stereocenters. The van der Waals surface area contributed by atoms with Gasteiger partial charge in [0, 0.05) is 31.8 Å². The summed E-state index contributed by atoms with van der Waals surface area (Å²) in [6.07, 6.45) is 1.31. The highest BCUT2D eigenvalue weighted by Gasteiger charge is 2.49. The molecule has 2 aliphatic heterocycles. The second-order valence-corrected chi connectivity index (χ2v) is 8.20. The van der Waals surface area contributed by atoms with Crippen molar-refractivity contribution in [2.75, 3.05) is 32.9 Å². The first kappa shape index (κ1) is 15.8. The van der Waals surface area contributed by atoms with E-state index in [1.165, 1.54) is 17.0 Å². The smallest absolute Gasteiger partial charge is 0.410 e. The number of hydrogen-bond donors (Lipinski definition) is 0. The average molecular weight is 338 g/mol. The maximum atomic E-state index is 12.6. The molecule has 1 aromatic carbocycles. The van der Waals surface area contributed by atoms with Crippen molar-refractivity contribution >= 4 is 21.8 Å². The summed E-state index contributed by atoms with van der Waals surface area (Å²) in [5.41, 5.74) is -0.321. The number of carbonyl (C=O) groups excluding carboxylic acids is 2. The van der Waals surface area contributed by atoms with Crippen LogP contribution in [0.1, 0.15) is 16.8 Å². The zero-order valence-corrected chi connectivity index (χ0v) is 13.8. The minimum Gasteiger partial charge on any atom is -0.439 e. The van der Waals surface area contributed by atoms with Gasteiger partial charge < -0.3 is 14.5 Å². The molecule has 2 amide bonds. The van der Waals surface area contributed by atoms with Crippen LogP contribution >= 0.6 is 0 Å². The van der Waals surface area contributed by atoms with E-state index in [1.807, 2.05) is 0 Å². The first-order valence-electron chi connectivity index (χ1n) is 7.24. The fraction of sp³-hybridized carbons (Fsp3) is 0.467. The van der Waals surface area contributed by atoms with Crippen LogP contribution in [0.3, 0.4) is 0 Å². The SMILES string of the molecule is CN1CC2(CCN(C(=O)c3cccc(S(C)(=O)=O)c3)C2)OC1=O. The Hall–Kier alpha value is -2.09. The van der Waals surface area contributed by atoms with Crippen LogP contribution < -0.4 is 0 Å². The van der Waals surface area contributed by atoms with Crippen LogP contribution in [-0.4, -0.2) is 68.8 Å². The summed E-state index contributed by atoms with van der Waals surface area (Å²) in [7, 11) is -1.70. The quantitative estimate of drug-likeness (QED) is 0.795. The summed E-state index contributed by atoms with van der Waals surface area (Å²) in [6.45, 7) is 1.26. The molecule has 2 aliphatic rings. The Morgan fingerprint density at radius 1 is 1.30 bits per heavy atom. The minimum absolute atomic E-state index is 0.115. The molecule has 0 saturated carbocycles. The molecular weight excluding hydrogens is 320 g/mol. The lowest BCUT2D eigenvalue weighted by Crippen LogP contribution is -2.39. The molecule has 2 fully saturated rings. The van der Waals surface area contributed by atoms with Crippen molar-refractivity contribution in [1.29, 1.82) is 0 Å². The Bertz CT molecular complexity index is 776. The second kappa shape index (κ2) is 5.23. The van der Waals surface area contributed by atoms with Crippen molar-refractivity contribution < 1.29 is 22.7 Å². The van der Waals surface area contributed by atoms with E-state index in [2.05, 4.69) is 0 Å². The van der Waals surface area contributed by atoms with Crippen LogP contribution in [0, 0.1) is 0 Å². The lowest BCUT2D eigenvalue weighted by Gasteiger charge is -2.22. The number of carbonyl (C=O) groups is 2. The van der Waals surface area contributed by atoms with Gasteiger partial charge >= 0.3 is 6.09 Å². The summed E-state index contributed by atoms with van der Waals surface area (Å²) < 4.78 is 28.6. The van der Waals surface area contributed by atoms with Crippen LogP contribution in [0.5, 0.6) is 0 Å². The van der Waals surface area contributed by atoms with E-state index in [4.69, 9.17) is 4.74 Å². The molecule has 8 heteroatoms. The maximum absolute atomic E-state index is 12.6. The predicted octanol–water partition coefficient (Wildman–Crippen LogP) is 0.757. The number of benzene rings is 1. The largest absolute Gasteiger partial charge is 0.439 e. The third-order valence-corrected chi connectivity index (χ3v) is 5.36. The van der Waals surface area contributed by atoms with Crippen molar-refractivity contribution in [1.82, 2.24) is 9.80 Å². The van der Waals surface area contributed by atoms with Gasteiger partial charge in [-0.25, -0.2) is 13.2 Å². The van der Waals surface area contributed by atoms with Gasteiger partial charge in [0.15, 0.2) is 15.4 Å². The van der Waals surface area contributed by atoms with Crippen LogP contribution in [0.4, 0.5) is 4.79 Å². The molecule has 1 unspecified atom stereocenters. The molecule has 2 saturated heterocycles. The number of rotatable bonds is 2. The van der Waals surface area contributed by atoms with Gasteiger partial charge in [-0.15, -0.1) is 0 Å². The summed E-state index contributed by atoms with van der Waals surface area (Å²) >= 11 is 0. The molecule has 23 heavy (non-hydrogen) atoms. The van der Waals surface area contributed by atoms with Crippen molar-refractivity contribution in [3.05, 3.63) is 29.8 Å². The van der Waals surface area contributed by atoms with Gasteiger partial charge in [-0.3, -0.25) is 4.79 Å². The highest BCUT2D eigenvalue weighted by Crippen LogP contribution is 2.32. The van der Waals surface area contributed by atoms with Gasteiger partial charge in [0.1, 0.15) is 0 Å². The van der Waals surface area contributed by atoms with E-state index in [0.717, 1.165) is 6.26 Å². The van der Waals surface area contributed by atoms with Gasteiger partial charge in [0.2, 0.25) is 0 Å². The maximum Gasteiger partial charge on any atom is 0.410 e. The Morgan fingerprint density at radius 2 is 2.04 bits per heavy atom. The molecule has 0 bridgehead atoms. The summed E-state index contributed by atoms with van der Waals surface area (Å²) in [5, 5.41) is 0. The summed E-state index contributed by atoms with van der Waals surface area (Å²) in [6, 6.07) is 5.99. The van der Waals surface area contributed by atoms with E-state index >= 15 is 0 Å². The van der Waals surface area contributed by atoms with Gasteiger partial charge in [0.05, 0.1) is 18.0 Å². The lowest BCUT2D eigenvalue weighted by atomic mass is 10.0. The third-order valence-electron chi connectivity index (χ3n) is 4.25. The standard InChI is InChI=1S/C15H18N2O5S/c1-16-9-15(22-14(16)19)6-7-17(10-15)13(18)11-4-3-5-12(8-11)23(2,20)21/h3-5,8H,6-7,9-10H2,1-2H3. The number of likely N-dealkylation sites (N-methyl/N-ethyl adjacent to an activating group) is 1. The molecule has 0 aromatic heterocycles. The van der Waals surface area contributed by atoms with Crippen LogP contribution in [0.15, 0.2) is 29.2 Å². The number of likely N-dealkylation sites (tertiary alicyclic amines) is 1. The molecule has 0 N–H and O–H groups in total. The van der Waals surface area contributed by atoms with Crippen LogP contribution in [0.2, 0.25) is 0 Å². The molecule has 7 nitrogen and oxygen atoms in total. The normalized spacial score (nSPS) is 24.3. The van der Waals surface area contributed by atoms with Gasteiger partial charge in [-0.1, -0.05) is 6.07 Å². The molecule has 2 heterocycles. The van der Waals surface area contributed by atoms with Crippen LogP contribution in [-0.2, 0) is 14.6 Å². The minimum atomic E-state index is -3.37. The highest BCUT2D eigenvalue weighted by molar-refractivity contribution is 7.90. The number of hydrogen-bond acceptors (Lipinski definition) is 5. The van der Waals surface area contributed by atoms with Gasteiger partial charge in [-0.2, -0.15) is 0 Å². The van der Waals surface area contributed by atoms with Crippen LogP contribution in [0.25, 0.3) is 0 Å². The molecule has 0 aliphatic carbocycles. The Balaban J connectivity index is 1.79. The first-order chi connectivity index (χ1) is 10.7. The van der Waals surface area contributed by atoms with Gasteiger partial charge in [-0.05, 0) is 18.2 Å². The van der Waals surface area contributed by atoms with E-state index in [-0.39, 0.29) is 16.9 Å². The van der Waals surface area contributed by atoms with E-state index in [9.17, 15) is 18.0 Å². The monoisotopic (exact) mass is 338 g/mol. The molecule has 3 rings (SSSR count). The fourth-order valence-corrected chi connectivity index (χ4v) is 3.73. The van der Waals surface area contributed by atoms with E-state index < -0.39 is 15.4 Å². The number of amides is 2. The van der Waals surface area contributed by atoms with Crippen molar-refractivity contribution in [2.45, 2.75) is 16.9 Å². The zero-order chi connectivity index (χ0) is 16.8. The van der Waals surface area contributed by atoms with Crippen molar-refractivity contribution in [3.63, 3.8) is 0 Å². The van der Waals surface area contributed by atoms with Gasteiger partial charge in [0.25, 0.3) is 5.91 Å². The zero-order valence-electron chi connectivity index (χ0n) is 13.0. The predicted molar refractivity (Wildman–Crippen MR) is 81.9 cm³/mol. The highest BCUT2D eigenvalue weighted by atomic mass is 32.2. The summed E-state index contributed by atoms with van der Waals surface area (Å²) in [4.78, 5) is 27.4. The number of ether oxygens (including phenoxy) is 1. The Kier molecular flexibility index (Phi) is 3.59. The topological polar surface area (TPSA) is 84.0 Å². The fourth-order valence-electron chi connectivity index (χ4n) is 3.06. The molecule has 1 aromatic rings. The lowest BCUT2D eigenvalue weighted by molar-refractivity contribution is 0.0553. The first-order valence-corrected chi connectivity index (χ1v) is 9.13.